The number of nitriles is 1. The van der Waals surface area contributed by atoms with E-state index in [9.17, 15) is 15.0 Å². The molecule has 1 heterocycles. The molecule has 0 bridgehead atoms. The molecule has 0 saturated heterocycles. The monoisotopic (exact) mass is 341 g/mol. The van der Waals surface area contributed by atoms with Crippen LogP contribution >= 0.6 is 0 Å². The van der Waals surface area contributed by atoms with Crippen molar-refractivity contribution in [3.63, 3.8) is 0 Å². The van der Waals surface area contributed by atoms with E-state index in [-0.39, 0.29) is 25.3 Å². The summed E-state index contributed by atoms with van der Waals surface area (Å²) >= 11 is 0. The van der Waals surface area contributed by atoms with Crippen LogP contribution in [0.5, 0.6) is 5.75 Å². The number of nitrogens with zero attached hydrogens (tertiary/aromatic N) is 2. The minimum Gasteiger partial charge on any atom is -0.506 e. The maximum absolute atomic E-state index is 11.2. The van der Waals surface area contributed by atoms with E-state index < -0.39 is 12.0 Å². The summed E-state index contributed by atoms with van der Waals surface area (Å²) in [6, 6.07) is 8.20. The summed E-state index contributed by atoms with van der Waals surface area (Å²) in [7, 11) is 0. The Morgan fingerprint density at radius 3 is 2.60 bits per heavy atom. The third kappa shape index (κ3) is 4.53. The molecule has 7 nitrogen and oxygen atoms in total. The Balaban J connectivity index is 2.22. The van der Waals surface area contributed by atoms with Crippen LogP contribution in [0.1, 0.15) is 40.4 Å². The Morgan fingerprint density at radius 1 is 1.36 bits per heavy atom. The first-order chi connectivity index (χ1) is 12.0. The Hall–Kier alpha value is -2.95. The van der Waals surface area contributed by atoms with Gasteiger partial charge in [0.25, 0.3) is 0 Å². The lowest BCUT2D eigenvalue weighted by Crippen LogP contribution is -2.24. The van der Waals surface area contributed by atoms with Gasteiger partial charge >= 0.3 is 5.97 Å². The summed E-state index contributed by atoms with van der Waals surface area (Å²) in [5.41, 5.74) is 2.61. The predicted octanol–water partition coefficient (Wildman–Crippen LogP) is 1.77. The van der Waals surface area contributed by atoms with E-state index >= 15 is 0 Å². The number of carbonyl (C=O) groups is 1. The number of aryl methyl sites for hydroxylation is 1. The standard InChI is InChI=1S/C18H19N3O4/c1-11-18(25)15(10-22)14(8-20-11)9-21-16(6-17(23)24)13-4-2-12(7-19)3-5-13/h2-5,8,16,21-22,25H,6,9-10H2,1H3,(H,23,24)/t16-/m0/s1. The Bertz CT molecular complexity index is 797. The van der Waals surface area contributed by atoms with E-state index in [0.29, 0.717) is 22.4 Å². The van der Waals surface area contributed by atoms with Crippen molar-refractivity contribution >= 4 is 5.97 Å². The number of hydrogen-bond donors (Lipinski definition) is 4. The molecule has 0 aliphatic heterocycles. The van der Waals surface area contributed by atoms with Gasteiger partial charge < -0.3 is 20.6 Å². The van der Waals surface area contributed by atoms with Crippen molar-refractivity contribution in [3.8, 4) is 11.8 Å². The van der Waals surface area contributed by atoms with Crippen molar-refractivity contribution < 1.29 is 20.1 Å². The van der Waals surface area contributed by atoms with Gasteiger partial charge in [0.1, 0.15) is 5.75 Å². The number of hydrogen-bond acceptors (Lipinski definition) is 6. The summed E-state index contributed by atoms with van der Waals surface area (Å²) in [4.78, 5) is 15.2. The topological polar surface area (TPSA) is 126 Å². The zero-order chi connectivity index (χ0) is 18.4. The molecular weight excluding hydrogens is 322 g/mol. The number of rotatable bonds is 7. The first-order valence-corrected chi connectivity index (χ1v) is 7.68. The van der Waals surface area contributed by atoms with Gasteiger partial charge in [-0.15, -0.1) is 0 Å². The smallest absolute Gasteiger partial charge is 0.305 e. The van der Waals surface area contributed by atoms with Crippen LogP contribution in [0.3, 0.4) is 0 Å². The molecular formula is C18H19N3O4. The number of benzene rings is 1. The summed E-state index contributed by atoms with van der Waals surface area (Å²) in [5.74, 6) is -1.02. The first-order valence-electron chi connectivity index (χ1n) is 7.68. The average Bonchev–Trinajstić information content (AvgIpc) is 2.61. The van der Waals surface area contributed by atoms with E-state index in [4.69, 9.17) is 10.4 Å². The number of carboxylic acid groups (broad SMARTS) is 1. The van der Waals surface area contributed by atoms with Gasteiger partial charge in [-0.3, -0.25) is 9.78 Å². The molecule has 0 fully saturated rings. The normalized spacial score (nSPS) is 11.7. The van der Waals surface area contributed by atoms with Crippen LogP contribution in [-0.4, -0.2) is 26.3 Å². The SMILES string of the molecule is Cc1ncc(CN[C@@H](CC(=O)O)c2ccc(C#N)cc2)c(CO)c1O. The van der Waals surface area contributed by atoms with Crippen LogP contribution in [0, 0.1) is 18.3 Å². The molecule has 0 spiro atoms. The third-order valence-corrected chi connectivity index (χ3v) is 3.95. The fourth-order valence-electron chi connectivity index (χ4n) is 2.52. The predicted molar refractivity (Wildman–Crippen MR) is 89.6 cm³/mol. The van der Waals surface area contributed by atoms with Crippen molar-refractivity contribution in [2.24, 2.45) is 0 Å². The molecule has 1 aromatic heterocycles. The molecule has 0 unspecified atom stereocenters. The van der Waals surface area contributed by atoms with E-state index in [1.54, 1.807) is 37.4 Å². The second-order valence-electron chi connectivity index (χ2n) is 5.62. The lowest BCUT2D eigenvalue weighted by molar-refractivity contribution is -0.137. The summed E-state index contributed by atoms with van der Waals surface area (Å²) in [6.45, 7) is 1.52. The van der Waals surface area contributed by atoms with Gasteiger partial charge in [-0.25, -0.2) is 0 Å². The minimum atomic E-state index is -0.964. The molecule has 7 heteroatoms. The summed E-state index contributed by atoms with van der Waals surface area (Å²) in [6.07, 6.45) is 1.40. The molecule has 4 N–H and O–H groups in total. The van der Waals surface area contributed by atoms with Crippen molar-refractivity contribution in [2.75, 3.05) is 0 Å². The highest BCUT2D eigenvalue weighted by atomic mass is 16.4. The number of aromatic nitrogens is 1. The fraction of sp³-hybridized carbons (Fsp3) is 0.278. The van der Waals surface area contributed by atoms with Crippen LogP contribution in [-0.2, 0) is 17.9 Å². The largest absolute Gasteiger partial charge is 0.506 e. The highest BCUT2D eigenvalue weighted by Crippen LogP contribution is 2.25. The number of aromatic hydroxyl groups is 1. The molecule has 0 radical (unpaired) electrons. The van der Waals surface area contributed by atoms with E-state index in [0.717, 1.165) is 5.56 Å². The maximum atomic E-state index is 11.2. The maximum Gasteiger partial charge on any atom is 0.305 e. The number of pyridine rings is 1. The second-order valence-corrected chi connectivity index (χ2v) is 5.62. The molecule has 1 atom stereocenters. The van der Waals surface area contributed by atoms with Gasteiger partial charge in [-0.2, -0.15) is 5.26 Å². The first kappa shape index (κ1) is 18.4. The van der Waals surface area contributed by atoms with Crippen LogP contribution in [0.25, 0.3) is 0 Å². The summed E-state index contributed by atoms with van der Waals surface area (Å²) < 4.78 is 0. The van der Waals surface area contributed by atoms with Crippen LogP contribution in [0.15, 0.2) is 30.5 Å². The van der Waals surface area contributed by atoms with Crippen molar-refractivity contribution in [2.45, 2.75) is 32.5 Å². The highest BCUT2D eigenvalue weighted by molar-refractivity contribution is 5.68. The van der Waals surface area contributed by atoms with Gasteiger partial charge in [0.15, 0.2) is 0 Å². The van der Waals surface area contributed by atoms with Gasteiger partial charge in [0.05, 0.1) is 30.4 Å². The molecule has 0 saturated carbocycles. The molecule has 1 aromatic carbocycles. The van der Waals surface area contributed by atoms with Gasteiger partial charge in [-0.05, 0) is 30.2 Å². The molecule has 25 heavy (non-hydrogen) atoms. The molecule has 0 aliphatic rings. The van der Waals surface area contributed by atoms with E-state index in [1.807, 2.05) is 6.07 Å². The number of aliphatic hydroxyl groups is 1. The Morgan fingerprint density at radius 2 is 2.04 bits per heavy atom. The average molecular weight is 341 g/mol. The molecule has 2 aromatic rings. The lowest BCUT2D eigenvalue weighted by Gasteiger charge is -2.19. The second kappa shape index (κ2) is 8.24. The Kier molecular flexibility index (Phi) is 6.06. The molecule has 2 rings (SSSR count). The number of aliphatic carboxylic acids is 1. The van der Waals surface area contributed by atoms with Crippen molar-refractivity contribution in [3.05, 3.63) is 58.4 Å². The highest BCUT2D eigenvalue weighted by Gasteiger charge is 2.17. The van der Waals surface area contributed by atoms with Gasteiger partial charge in [0.2, 0.25) is 0 Å². The van der Waals surface area contributed by atoms with Crippen LogP contribution in [0.4, 0.5) is 0 Å². The fourth-order valence-corrected chi connectivity index (χ4v) is 2.52. The Labute approximate surface area is 145 Å². The quantitative estimate of drug-likeness (QED) is 0.604. The lowest BCUT2D eigenvalue weighted by atomic mass is 10.0. The van der Waals surface area contributed by atoms with Crippen LogP contribution in [0.2, 0.25) is 0 Å². The third-order valence-electron chi connectivity index (χ3n) is 3.95. The van der Waals surface area contributed by atoms with Gasteiger partial charge in [-0.1, -0.05) is 12.1 Å². The zero-order valence-corrected chi connectivity index (χ0v) is 13.7. The molecule has 0 amide bonds. The summed E-state index contributed by atoms with van der Waals surface area (Å²) in [5, 5.41) is 40.6. The zero-order valence-electron chi connectivity index (χ0n) is 13.7. The number of carboxylic acids is 1. The van der Waals surface area contributed by atoms with E-state index in [1.165, 1.54) is 0 Å². The molecule has 0 aliphatic carbocycles. The number of nitrogens with one attached hydrogen (secondary N) is 1. The minimum absolute atomic E-state index is 0.0602. The molecule has 130 valence electrons. The van der Waals surface area contributed by atoms with Crippen LogP contribution < -0.4 is 5.32 Å². The van der Waals surface area contributed by atoms with E-state index in [2.05, 4.69) is 10.3 Å². The number of aliphatic hydroxyl groups excluding tert-OH is 1. The van der Waals surface area contributed by atoms with Gasteiger partial charge in [0, 0.05) is 24.3 Å². The van der Waals surface area contributed by atoms with Crippen molar-refractivity contribution in [1.29, 1.82) is 5.26 Å². The van der Waals surface area contributed by atoms with Crippen molar-refractivity contribution in [1.82, 2.24) is 10.3 Å².